The molecule has 0 aromatic rings. The van der Waals surface area contributed by atoms with E-state index in [0.717, 1.165) is 19.3 Å². The number of carbonyl (C=O) groups is 2. The fraction of sp³-hybridized carbons (Fsp3) is 0.882. The number of carbonyl (C=O) groups excluding carboxylic acids is 2. The van der Waals surface area contributed by atoms with Crippen molar-refractivity contribution in [3.8, 4) is 0 Å². The highest BCUT2D eigenvalue weighted by molar-refractivity contribution is 7.47. The van der Waals surface area contributed by atoms with Gasteiger partial charge in [0.2, 0.25) is 0 Å². The summed E-state index contributed by atoms with van der Waals surface area (Å²) in [6.45, 7) is 4.02. The van der Waals surface area contributed by atoms with E-state index in [2.05, 4.69) is 19.1 Å². The average Bonchev–Trinajstić information content (AvgIpc) is 2.95. The van der Waals surface area contributed by atoms with E-state index in [9.17, 15) is 19.0 Å². The highest BCUT2D eigenvalue weighted by Gasteiger charge is 2.27. The van der Waals surface area contributed by atoms with Gasteiger partial charge in [0.05, 0.1) is 27.7 Å². The van der Waals surface area contributed by atoms with E-state index in [-0.39, 0.29) is 26.1 Å². The number of esters is 2. The second-order valence-electron chi connectivity index (χ2n) is 12.9. The van der Waals surface area contributed by atoms with Crippen LogP contribution < -0.4 is 0 Å². The smallest absolute Gasteiger partial charge is 0.462 e. The molecule has 44 heavy (non-hydrogen) atoms. The summed E-state index contributed by atoms with van der Waals surface area (Å²) in [6, 6.07) is 0. The SMILES string of the molecule is CCCCCCCC/C=C\CCCCCCCCCCCC(=O)OC(COC(=O)CCC)COP(=O)(O)OCC[N+](C)(C)C. The molecular weight excluding hydrogens is 581 g/mol. The Labute approximate surface area is 269 Å². The van der Waals surface area contributed by atoms with Crippen LogP contribution in [-0.4, -0.2) is 74.9 Å². The summed E-state index contributed by atoms with van der Waals surface area (Å²) in [5.41, 5.74) is 0. The van der Waals surface area contributed by atoms with Gasteiger partial charge in [-0.1, -0.05) is 103 Å². The van der Waals surface area contributed by atoms with E-state index in [1.807, 2.05) is 28.1 Å². The number of nitrogens with zero attached hydrogens (tertiary/aromatic N) is 1. The Morgan fingerprint density at radius 2 is 1.20 bits per heavy atom. The van der Waals surface area contributed by atoms with E-state index >= 15 is 0 Å². The molecule has 0 amide bonds. The Hall–Kier alpha value is -1.25. The van der Waals surface area contributed by atoms with Crippen molar-refractivity contribution in [2.45, 2.75) is 148 Å². The molecule has 0 heterocycles. The molecule has 0 aromatic heterocycles. The molecule has 10 heteroatoms. The Balaban J connectivity index is 4.04. The van der Waals surface area contributed by atoms with Crippen LogP contribution in [0.4, 0.5) is 0 Å². The van der Waals surface area contributed by atoms with Crippen LogP contribution in [0.25, 0.3) is 0 Å². The monoisotopic (exact) mass is 648 g/mol. The van der Waals surface area contributed by atoms with Crippen LogP contribution in [0.2, 0.25) is 0 Å². The van der Waals surface area contributed by atoms with Crippen LogP contribution in [0.5, 0.6) is 0 Å². The van der Waals surface area contributed by atoms with Gasteiger partial charge in [-0.2, -0.15) is 0 Å². The molecule has 0 saturated carbocycles. The Morgan fingerprint density at radius 1 is 0.682 bits per heavy atom. The van der Waals surface area contributed by atoms with E-state index in [4.69, 9.17) is 18.5 Å². The lowest BCUT2D eigenvalue weighted by Gasteiger charge is -2.24. The summed E-state index contributed by atoms with van der Waals surface area (Å²) in [4.78, 5) is 34.2. The Morgan fingerprint density at radius 3 is 1.73 bits per heavy atom. The number of likely N-dealkylation sites (N-methyl/N-ethyl adjacent to an activating group) is 1. The maximum atomic E-state index is 12.4. The van der Waals surface area contributed by atoms with Crippen LogP contribution >= 0.6 is 7.82 Å². The topological polar surface area (TPSA) is 108 Å². The molecule has 0 aliphatic carbocycles. The predicted octanol–water partition coefficient (Wildman–Crippen LogP) is 8.68. The molecule has 0 spiro atoms. The third-order valence-corrected chi connectivity index (χ3v) is 8.25. The minimum atomic E-state index is -4.34. The molecule has 1 N–H and O–H groups in total. The number of phosphoric acid groups is 1. The number of allylic oxidation sites excluding steroid dienone is 2. The first-order valence-electron chi connectivity index (χ1n) is 17.4. The maximum Gasteiger partial charge on any atom is 0.472 e. The van der Waals surface area contributed by atoms with Crippen molar-refractivity contribution in [2.75, 3.05) is 47.5 Å². The lowest BCUT2D eigenvalue weighted by Crippen LogP contribution is -2.37. The summed E-state index contributed by atoms with van der Waals surface area (Å²) in [5, 5.41) is 0. The van der Waals surface area contributed by atoms with Crippen LogP contribution in [0.1, 0.15) is 142 Å². The van der Waals surface area contributed by atoms with Crippen LogP contribution in [0.15, 0.2) is 12.2 Å². The molecule has 0 aromatic carbocycles. The zero-order chi connectivity index (χ0) is 32.9. The number of ether oxygens (including phenoxy) is 2. The predicted molar refractivity (Wildman–Crippen MR) is 178 cm³/mol. The van der Waals surface area contributed by atoms with Crippen LogP contribution in [0, 0.1) is 0 Å². The Kier molecular flexibility index (Phi) is 27.2. The molecular formula is C34H67NO8P+. The van der Waals surface area contributed by atoms with Gasteiger partial charge in [-0.25, -0.2) is 4.57 Å². The van der Waals surface area contributed by atoms with Gasteiger partial charge in [0.15, 0.2) is 6.10 Å². The molecule has 0 aliphatic heterocycles. The van der Waals surface area contributed by atoms with Crippen molar-refractivity contribution in [3.05, 3.63) is 12.2 Å². The first-order valence-corrected chi connectivity index (χ1v) is 18.9. The van der Waals surface area contributed by atoms with Gasteiger partial charge in [0.25, 0.3) is 0 Å². The van der Waals surface area contributed by atoms with E-state index < -0.39 is 32.5 Å². The first-order chi connectivity index (χ1) is 21.0. The molecule has 2 unspecified atom stereocenters. The number of phosphoric ester groups is 1. The average molecular weight is 649 g/mol. The number of quaternary nitrogens is 1. The molecule has 0 aliphatic rings. The molecule has 0 bridgehead atoms. The molecule has 9 nitrogen and oxygen atoms in total. The number of unbranched alkanes of at least 4 members (excludes halogenated alkanes) is 15. The quantitative estimate of drug-likeness (QED) is 0.0262. The second kappa shape index (κ2) is 28.0. The fourth-order valence-electron chi connectivity index (χ4n) is 4.51. The molecule has 0 saturated heterocycles. The van der Waals surface area contributed by atoms with Crippen molar-refractivity contribution in [1.29, 1.82) is 0 Å². The van der Waals surface area contributed by atoms with Crippen LogP contribution in [0.3, 0.4) is 0 Å². The zero-order valence-corrected chi connectivity index (χ0v) is 29.8. The summed E-state index contributed by atoms with van der Waals surface area (Å²) < 4.78 is 33.5. The summed E-state index contributed by atoms with van der Waals surface area (Å²) in [6.07, 6.45) is 25.7. The van der Waals surface area contributed by atoms with Gasteiger partial charge in [-0.3, -0.25) is 18.6 Å². The highest BCUT2D eigenvalue weighted by atomic mass is 31.2. The molecule has 260 valence electrons. The second-order valence-corrected chi connectivity index (χ2v) is 14.4. The van der Waals surface area contributed by atoms with Crippen molar-refractivity contribution in [3.63, 3.8) is 0 Å². The fourth-order valence-corrected chi connectivity index (χ4v) is 5.26. The third-order valence-electron chi connectivity index (χ3n) is 7.27. The third kappa shape index (κ3) is 30.8. The van der Waals surface area contributed by atoms with Gasteiger partial charge in [-0.05, 0) is 38.5 Å². The molecule has 2 atom stereocenters. The van der Waals surface area contributed by atoms with Crippen LogP contribution in [-0.2, 0) is 32.7 Å². The highest BCUT2D eigenvalue weighted by Crippen LogP contribution is 2.43. The standard InChI is InChI=1S/C34H66NO8P/c1-6-8-9-10-11-12-13-14-15-16-17-18-19-20-21-22-23-24-25-27-34(37)43-32(30-40-33(36)26-7-2)31-42-44(38,39)41-29-28-35(3,4)5/h14-15,32H,6-13,16-31H2,1-5H3/p+1/b15-14-. The molecule has 0 fully saturated rings. The Bertz CT molecular complexity index is 784. The minimum absolute atomic E-state index is 0.0320. The summed E-state index contributed by atoms with van der Waals surface area (Å²) >= 11 is 0. The van der Waals surface area contributed by atoms with E-state index in [0.29, 0.717) is 23.9 Å². The van der Waals surface area contributed by atoms with E-state index in [1.165, 1.54) is 83.5 Å². The number of hydrogen-bond donors (Lipinski definition) is 1. The lowest BCUT2D eigenvalue weighted by molar-refractivity contribution is -0.870. The van der Waals surface area contributed by atoms with E-state index in [1.54, 1.807) is 0 Å². The number of hydrogen-bond acceptors (Lipinski definition) is 7. The normalized spacial score (nSPS) is 14.0. The van der Waals surface area contributed by atoms with Crippen molar-refractivity contribution in [1.82, 2.24) is 0 Å². The van der Waals surface area contributed by atoms with Crippen molar-refractivity contribution < 1.29 is 42.1 Å². The molecule has 0 rings (SSSR count). The first kappa shape index (κ1) is 42.8. The lowest BCUT2D eigenvalue weighted by atomic mass is 10.1. The maximum absolute atomic E-state index is 12.4. The summed E-state index contributed by atoms with van der Waals surface area (Å²) in [5.74, 6) is -0.861. The zero-order valence-electron chi connectivity index (χ0n) is 28.9. The van der Waals surface area contributed by atoms with Crippen molar-refractivity contribution in [2.24, 2.45) is 0 Å². The minimum Gasteiger partial charge on any atom is -0.462 e. The molecule has 0 radical (unpaired) electrons. The largest absolute Gasteiger partial charge is 0.472 e. The summed E-state index contributed by atoms with van der Waals surface area (Å²) in [7, 11) is 1.47. The van der Waals surface area contributed by atoms with Gasteiger partial charge in [0.1, 0.15) is 19.8 Å². The van der Waals surface area contributed by atoms with Gasteiger partial charge in [0, 0.05) is 12.8 Å². The van der Waals surface area contributed by atoms with Gasteiger partial charge in [-0.15, -0.1) is 0 Å². The number of rotatable bonds is 31. The van der Waals surface area contributed by atoms with Gasteiger partial charge >= 0.3 is 19.8 Å². The van der Waals surface area contributed by atoms with Gasteiger partial charge < -0.3 is 18.9 Å². The van der Waals surface area contributed by atoms with Crippen molar-refractivity contribution >= 4 is 19.8 Å².